The molecule has 1 aliphatic carbocycles. The molecule has 0 spiro atoms. The molecule has 0 atom stereocenters. The first-order chi connectivity index (χ1) is 12.7. The van der Waals surface area contributed by atoms with Crippen molar-refractivity contribution in [2.45, 2.75) is 32.4 Å². The van der Waals surface area contributed by atoms with Crippen molar-refractivity contribution in [1.82, 2.24) is 20.2 Å². The highest BCUT2D eigenvalue weighted by atomic mass is 16.1. The molecule has 0 radical (unpaired) electrons. The highest BCUT2D eigenvalue weighted by molar-refractivity contribution is 5.72. The summed E-state index contributed by atoms with van der Waals surface area (Å²) >= 11 is 0. The van der Waals surface area contributed by atoms with Crippen LogP contribution in [0.15, 0.2) is 36.7 Å². The molecule has 1 amide bonds. The van der Waals surface area contributed by atoms with Gasteiger partial charge >= 0.3 is 0 Å². The molecule has 2 fully saturated rings. The molecule has 1 aromatic carbocycles. The summed E-state index contributed by atoms with van der Waals surface area (Å²) in [6.45, 7) is 6.33. The molecule has 0 unspecified atom stereocenters. The van der Waals surface area contributed by atoms with Gasteiger partial charge in [0.05, 0.1) is 0 Å². The van der Waals surface area contributed by atoms with Crippen molar-refractivity contribution in [2.75, 3.05) is 31.1 Å². The first kappa shape index (κ1) is 17.0. The number of nitrogens with zero attached hydrogens (tertiary/aromatic N) is 4. The molecule has 6 heteroatoms. The van der Waals surface area contributed by atoms with E-state index in [0.717, 1.165) is 54.9 Å². The van der Waals surface area contributed by atoms with Gasteiger partial charge in [0.15, 0.2) is 0 Å². The van der Waals surface area contributed by atoms with Gasteiger partial charge in [0.1, 0.15) is 0 Å². The zero-order valence-electron chi connectivity index (χ0n) is 15.2. The second kappa shape index (κ2) is 7.41. The summed E-state index contributed by atoms with van der Waals surface area (Å²) in [6.07, 6.45) is 6.54. The minimum absolute atomic E-state index is 0.0176. The SMILES string of the molecule is CC(=O)NCc1ccc(-c2cnc(N3CCN(C4CC4)CC3)nc2)cc1. The minimum atomic E-state index is -0.0176. The Morgan fingerprint density at radius 2 is 1.69 bits per heavy atom. The van der Waals surface area contributed by atoms with Gasteiger partial charge < -0.3 is 10.2 Å². The van der Waals surface area contributed by atoms with Gasteiger partial charge in [-0.05, 0) is 24.0 Å². The summed E-state index contributed by atoms with van der Waals surface area (Å²) in [5.41, 5.74) is 3.17. The van der Waals surface area contributed by atoms with Crippen LogP contribution in [0.1, 0.15) is 25.3 Å². The highest BCUT2D eigenvalue weighted by Gasteiger charge is 2.31. The van der Waals surface area contributed by atoms with E-state index in [1.807, 2.05) is 36.7 Å². The maximum absolute atomic E-state index is 11.0. The Hall–Kier alpha value is -2.47. The van der Waals surface area contributed by atoms with Crippen LogP contribution in [-0.4, -0.2) is 53.0 Å². The van der Waals surface area contributed by atoms with Crippen LogP contribution in [0, 0.1) is 0 Å². The molecular weight excluding hydrogens is 326 g/mol. The fourth-order valence-electron chi connectivity index (χ4n) is 3.40. The molecule has 26 heavy (non-hydrogen) atoms. The molecule has 2 aromatic rings. The monoisotopic (exact) mass is 351 g/mol. The lowest BCUT2D eigenvalue weighted by atomic mass is 10.1. The van der Waals surface area contributed by atoms with E-state index in [0.29, 0.717) is 6.54 Å². The van der Waals surface area contributed by atoms with Crippen LogP contribution < -0.4 is 10.2 Å². The van der Waals surface area contributed by atoms with Crippen molar-refractivity contribution >= 4 is 11.9 Å². The van der Waals surface area contributed by atoms with E-state index in [1.54, 1.807) is 0 Å². The van der Waals surface area contributed by atoms with E-state index in [1.165, 1.54) is 19.8 Å². The molecule has 1 aromatic heterocycles. The van der Waals surface area contributed by atoms with Gasteiger partial charge in [-0.2, -0.15) is 0 Å². The molecule has 1 saturated carbocycles. The van der Waals surface area contributed by atoms with E-state index >= 15 is 0 Å². The van der Waals surface area contributed by atoms with Crippen molar-refractivity contribution in [3.8, 4) is 11.1 Å². The van der Waals surface area contributed by atoms with Gasteiger partial charge in [-0.25, -0.2) is 9.97 Å². The summed E-state index contributed by atoms with van der Waals surface area (Å²) in [6, 6.07) is 8.98. The van der Waals surface area contributed by atoms with Crippen LogP contribution in [0.25, 0.3) is 11.1 Å². The molecule has 136 valence electrons. The van der Waals surface area contributed by atoms with Crippen molar-refractivity contribution in [2.24, 2.45) is 0 Å². The summed E-state index contributed by atoms with van der Waals surface area (Å²) in [5, 5.41) is 2.81. The number of nitrogens with one attached hydrogen (secondary N) is 1. The largest absolute Gasteiger partial charge is 0.352 e. The van der Waals surface area contributed by atoms with Gasteiger partial charge in [0.2, 0.25) is 11.9 Å². The third-order valence-corrected chi connectivity index (χ3v) is 5.13. The smallest absolute Gasteiger partial charge is 0.225 e. The van der Waals surface area contributed by atoms with E-state index in [-0.39, 0.29) is 5.91 Å². The lowest BCUT2D eigenvalue weighted by Gasteiger charge is -2.34. The predicted molar refractivity (Wildman–Crippen MR) is 102 cm³/mol. The summed E-state index contributed by atoms with van der Waals surface area (Å²) < 4.78 is 0. The van der Waals surface area contributed by atoms with Crippen LogP contribution in [0.5, 0.6) is 0 Å². The Balaban J connectivity index is 1.37. The standard InChI is InChI=1S/C20H25N5O/c1-15(26)21-12-16-2-4-17(5-3-16)18-13-22-20(23-14-18)25-10-8-24(9-11-25)19-6-7-19/h2-5,13-14,19H,6-12H2,1H3,(H,21,26). The molecule has 2 aliphatic rings. The maximum Gasteiger partial charge on any atom is 0.225 e. The molecule has 6 nitrogen and oxygen atoms in total. The van der Waals surface area contributed by atoms with Crippen LogP contribution in [0.2, 0.25) is 0 Å². The van der Waals surface area contributed by atoms with E-state index in [4.69, 9.17) is 0 Å². The number of amides is 1. The average molecular weight is 351 g/mol. The summed E-state index contributed by atoms with van der Waals surface area (Å²) in [7, 11) is 0. The highest BCUT2D eigenvalue weighted by Crippen LogP contribution is 2.28. The fraction of sp³-hybridized carbons (Fsp3) is 0.450. The van der Waals surface area contributed by atoms with Crippen LogP contribution in [-0.2, 0) is 11.3 Å². The Morgan fingerprint density at radius 3 is 2.27 bits per heavy atom. The Labute approximate surface area is 154 Å². The zero-order valence-corrected chi connectivity index (χ0v) is 15.2. The Morgan fingerprint density at radius 1 is 1.04 bits per heavy atom. The quantitative estimate of drug-likeness (QED) is 0.893. The molecule has 1 saturated heterocycles. The minimum Gasteiger partial charge on any atom is -0.352 e. The summed E-state index contributed by atoms with van der Waals surface area (Å²) in [4.78, 5) is 25.0. The van der Waals surface area contributed by atoms with Crippen molar-refractivity contribution in [1.29, 1.82) is 0 Å². The number of benzene rings is 1. The second-order valence-electron chi connectivity index (χ2n) is 7.13. The van der Waals surface area contributed by atoms with Crippen molar-refractivity contribution in [3.63, 3.8) is 0 Å². The van der Waals surface area contributed by atoms with Crippen LogP contribution in [0.4, 0.5) is 5.95 Å². The fourth-order valence-corrected chi connectivity index (χ4v) is 3.40. The number of anilines is 1. The number of rotatable bonds is 5. The van der Waals surface area contributed by atoms with Gasteiger partial charge in [-0.15, -0.1) is 0 Å². The molecular formula is C20H25N5O. The summed E-state index contributed by atoms with van der Waals surface area (Å²) in [5.74, 6) is 0.808. The molecule has 2 heterocycles. The van der Waals surface area contributed by atoms with Gasteiger partial charge in [-0.3, -0.25) is 9.69 Å². The van der Waals surface area contributed by atoms with Gasteiger partial charge in [-0.1, -0.05) is 24.3 Å². The van der Waals surface area contributed by atoms with E-state index < -0.39 is 0 Å². The third-order valence-electron chi connectivity index (χ3n) is 5.13. The van der Waals surface area contributed by atoms with E-state index in [2.05, 4.69) is 25.1 Å². The Kier molecular flexibility index (Phi) is 4.84. The van der Waals surface area contributed by atoms with Crippen LogP contribution >= 0.6 is 0 Å². The number of carbonyl (C=O) groups excluding carboxylic acids is 1. The molecule has 4 rings (SSSR count). The normalized spacial score (nSPS) is 18.0. The predicted octanol–water partition coefficient (Wildman–Crippen LogP) is 2.06. The third kappa shape index (κ3) is 4.02. The van der Waals surface area contributed by atoms with E-state index in [9.17, 15) is 4.79 Å². The van der Waals surface area contributed by atoms with Crippen LogP contribution in [0.3, 0.4) is 0 Å². The number of hydrogen-bond donors (Lipinski definition) is 1. The maximum atomic E-state index is 11.0. The zero-order chi connectivity index (χ0) is 17.9. The number of carbonyl (C=O) groups is 1. The first-order valence-electron chi connectivity index (χ1n) is 9.34. The van der Waals surface area contributed by atoms with Crippen molar-refractivity contribution in [3.05, 3.63) is 42.2 Å². The average Bonchev–Trinajstić information content (AvgIpc) is 3.52. The lowest BCUT2D eigenvalue weighted by Crippen LogP contribution is -2.47. The van der Waals surface area contributed by atoms with Gasteiger partial charge in [0.25, 0.3) is 0 Å². The number of piperazine rings is 1. The van der Waals surface area contributed by atoms with Crippen molar-refractivity contribution < 1.29 is 4.79 Å². The number of aromatic nitrogens is 2. The number of hydrogen-bond acceptors (Lipinski definition) is 5. The first-order valence-corrected chi connectivity index (χ1v) is 9.34. The topological polar surface area (TPSA) is 61.4 Å². The second-order valence-corrected chi connectivity index (χ2v) is 7.13. The molecule has 0 bridgehead atoms. The Bertz CT molecular complexity index is 747. The molecule has 1 aliphatic heterocycles. The molecule has 1 N–H and O–H groups in total. The van der Waals surface area contributed by atoms with Gasteiger partial charge in [0, 0.05) is 63.6 Å². The lowest BCUT2D eigenvalue weighted by molar-refractivity contribution is -0.119.